The molecule has 1 saturated carbocycles. The fourth-order valence-electron chi connectivity index (χ4n) is 2.23. The molecule has 0 bridgehead atoms. The standard InChI is InChI=1S/C15H23FN2O/c1-11(18(2)13-5-6-13)9-17-10-12-4-7-15(19-3)14(16)8-12/h4,7-8,11,13,17H,5-6,9-10H2,1-3H3. The summed E-state index contributed by atoms with van der Waals surface area (Å²) in [6, 6.07) is 6.38. The maximum absolute atomic E-state index is 13.5. The number of nitrogens with zero attached hydrogens (tertiary/aromatic N) is 1. The molecule has 106 valence electrons. The van der Waals surface area contributed by atoms with Crippen LogP contribution in [-0.4, -0.2) is 37.7 Å². The molecule has 1 atom stereocenters. The van der Waals surface area contributed by atoms with Gasteiger partial charge in [0.25, 0.3) is 0 Å². The Morgan fingerprint density at radius 3 is 2.79 bits per heavy atom. The molecule has 0 amide bonds. The van der Waals surface area contributed by atoms with Crippen molar-refractivity contribution in [3.63, 3.8) is 0 Å². The zero-order chi connectivity index (χ0) is 13.8. The third-order valence-corrected chi connectivity index (χ3v) is 3.80. The molecule has 0 aliphatic heterocycles. The molecule has 1 aliphatic rings. The quantitative estimate of drug-likeness (QED) is 0.820. The lowest BCUT2D eigenvalue weighted by Gasteiger charge is -2.24. The van der Waals surface area contributed by atoms with Gasteiger partial charge >= 0.3 is 0 Å². The van der Waals surface area contributed by atoms with Crippen LogP contribution in [0.1, 0.15) is 25.3 Å². The van der Waals surface area contributed by atoms with Gasteiger partial charge in [-0.25, -0.2) is 4.39 Å². The molecule has 4 heteroatoms. The van der Waals surface area contributed by atoms with Gasteiger partial charge in [-0.05, 0) is 44.5 Å². The summed E-state index contributed by atoms with van der Waals surface area (Å²) >= 11 is 0. The van der Waals surface area contributed by atoms with Crippen molar-refractivity contribution in [3.05, 3.63) is 29.6 Å². The van der Waals surface area contributed by atoms with Gasteiger partial charge in [-0.2, -0.15) is 0 Å². The number of likely N-dealkylation sites (N-methyl/N-ethyl adjacent to an activating group) is 1. The van der Waals surface area contributed by atoms with Crippen LogP contribution in [0, 0.1) is 5.82 Å². The van der Waals surface area contributed by atoms with E-state index < -0.39 is 0 Å². The molecule has 1 aromatic carbocycles. The molecule has 0 aromatic heterocycles. The van der Waals surface area contributed by atoms with E-state index in [4.69, 9.17) is 4.74 Å². The molecule has 0 saturated heterocycles. The van der Waals surface area contributed by atoms with Crippen molar-refractivity contribution in [2.75, 3.05) is 20.7 Å². The third-order valence-electron chi connectivity index (χ3n) is 3.80. The lowest BCUT2D eigenvalue weighted by Crippen LogP contribution is -2.38. The van der Waals surface area contributed by atoms with Gasteiger partial charge in [0.2, 0.25) is 0 Å². The first-order valence-corrected chi connectivity index (χ1v) is 6.87. The van der Waals surface area contributed by atoms with Crippen molar-refractivity contribution < 1.29 is 9.13 Å². The van der Waals surface area contributed by atoms with E-state index in [2.05, 4.69) is 24.2 Å². The van der Waals surface area contributed by atoms with E-state index in [1.54, 1.807) is 6.07 Å². The first-order valence-electron chi connectivity index (χ1n) is 6.87. The van der Waals surface area contributed by atoms with Crippen molar-refractivity contribution in [2.45, 2.75) is 38.4 Å². The molecule has 19 heavy (non-hydrogen) atoms. The van der Waals surface area contributed by atoms with Crippen molar-refractivity contribution >= 4 is 0 Å². The molecule has 0 heterocycles. The maximum Gasteiger partial charge on any atom is 0.165 e. The molecule has 0 spiro atoms. The van der Waals surface area contributed by atoms with Gasteiger partial charge in [-0.15, -0.1) is 0 Å². The summed E-state index contributed by atoms with van der Waals surface area (Å²) in [6.45, 7) is 3.82. The van der Waals surface area contributed by atoms with E-state index in [9.17, 15) is 4.39 Å². The van der Waals surface area contributed by atoms with E-state index in [-0.39, 0.29) is 5.82 Å². The zero-order valence-corrected chi connectivity index (χ0v) is 11.9. The van der Waals surface area contributed by atoms with Gasteiger partial charge in [-0.3, -0.25) is 4.90 Å². The topological polar surface area (TPSA) is 24.5 Å². The number of rotatable bonds is 7. The second kappa shape index (κ2) is 6.35. The summed E-state index contributed by atoms with van der Waals surface area (Å²) in [7, 11) is 3.66. The van der Waals surface area contributed by atoms with Crippen molar-refractivity contribution in [1.82, 2.24) is 10.2 Å². The van der Waals surface area contributed by atoms with Crippen LogP contribution in [0.25, 0.3) is 0 Å². The van der Waals surface area contributed by atoms with Crippen LogP contribution in [0.3, 0.4) is 0 Å². The fourth-order valence-corrected chi connectivity index (χ4v) is 2.23. The maximum atomic E-state index is 13.5. The fraction of sp³-hybridized carbons (Fsp3) is 0.600. The minimum absolute atomic E-state index is 0.297. The molecule has 1 aliphatic carbocycles. The van der Waals surface area contributed by atoms with Crippen LogP contribution in [0.5, 0.6) is 5.75 Å². The first-order chi connectivity index (χ1) is 9.11. The highest BCUT2D eigenvalue weighted by atomic mass is 19.1. The van der Waals surface area contributed by atoms with Gasteiger partial charge in [0, 0.05) is 25.2 Å². The number of methoxy groups -OCH3 is 1. The summed E-state index contributed by atoms with van der Waals surface area (Å²) in [5.41, 5.74) is 0.944. The van der Waals surface area contributed by atoms with E-state index in [0.717, 1.165) is 18.2 Å². The van der Waals surface area contributed by atoms with Gasteiger partial charge in [0.15, 0.2) is 11.6 Å². The van der Waals surface area contributed by atoms with Gasteiger partial charge in [0.1, 0.15) is 0 Å². The number of hydrogen-bond acceptors (Lipinski definition) is 3. The Balaban J connectivity index is 1.77. The highest BCUT2D eigenvalue weighted by Crippen LogP contribution is 2.26. The number of hydrogen-bond donors (Lipinski definition) is 1. The Morgan fingerprint density at radius 2 is 2.21 bits per heavy atom. The third kappa shape index (κ3) is 3.91. The highest BCUT2D eigenvalue weighted by Gasteiger charge is 2.28. The van der Waals surface area contributed by atoms with Crippen LogP contribution in [-0.2, 0) is 6.54 Å². The largest absolute Gasteiger partial charge is 0.494 e. The normalized spacial score (nSPS) is 16.7. The number of nitrogens with one attached hydrogen (secondary N) is 1. The molecule has 1 aromatic rings. The summed E-state index contributed by atoms with van der Waals surface area (Å²) in [5, 5.41) is 3.38. The lowest BCUT2D eigenvalue weighted by molar-refractivity contribution is 0.241. The van der Waals surface area contributed by atoms with Gasteiger partial charge in [0.05, 0.1) is 7.11 Å². The van der Waals surface area contributed by atoms with Gasteiger partial charge in [-0.1, -0.05) is 6.07 Å². The van der Waals surface area contributed by atoms with Crippen LogP contribution >= 0.6 is 0 Å². The molecular weight excluding hydrogens is 243 g/mol. The molecule has 2 rings (SSSR count). The SMILES string of the molecule is COc1ccc(CNCC(C)N(C)C2CC2)cc1F. The van der Waals surface area contributed by atoms with Crippen LogP contribution < -0.4 is 10.1 Å². The van der Waals surface area contributed by atoms with E-state index in [0.29, 0.717) is 18.3 Å². The van der Waals surface area contributed by atoms with E-state index >= 15 is 0 Å². The molecule has 1 unspecified atom stereocenters. The molecule has 1 N–H and O–H groups in total. The summed E-state index contributed by atoms with van der Waals surface area (Å²) < 4.78 is 18.4. The van der Waals surface area contributed by atoms with Gasteiger partial charge < -0.3 is 10.1 Å². The Morgan fingerprint density at radius 1 is 1.47 bits per heavy atom. The van der Waals surface area contributed by atoms with Crippen molar-refractivity contribution in [2.24, 2.45) is 0 Å². The predicted octanol–water partition coefficient (Wildman–Crippen LogP) is 2.41. The van der Waals surface area contributed by atoms with Crippen LogP contribution in [0.4, 0.5) is 4.39 Å². The Hall–Kier alpha value is -1.13. The molecule has 3 nitrogen and oxygen atoms in total. The van der Waals surface area contributed by atoms with Crippen LogP contribution in [0.2, 0.25) is 0 Å². The average molecular weight is 266 g/mol. The predicted molar refractivity (Wildman–Crippen MR) is 74.9 cm³/mol. The smallest absolute Gasteiger partial charge is 0.165 e. The lowest BCUT2D eigenvalue weighted by atomic mass is 10.2. The van der Waals surface area contributed by atoms with E-state index in [1.807, 2.05) is 6.07 Å². The summed E-state index contributed by atoms with van der Waals surface area (Å²) in [6.07, 6.45) is 2.65. The number of benzene rings is 1. The Kier molecular flexibility index (Phi) is 4.77. The summed E-state index contributed by atoms with van der Waals surface area (Å²) in [4.78, 5) is 2.42. The molecule has 0 radical (unpaired) electrons. The second-order valence-corrected chi connectivity index (χ2v) is 5.35. The summed E-state index contributed by atoms with van der Waals surface area (Å²) in [5.74, 6) is -0.00414. The zero-order valence-electron chi connectivity index (χ0n) is 11.9. The Bertz CT molecular complexity index is 421. The second-order valence-electron chi connectivity index (χ2n) is 5.35. The minimum atomic E-state index is -0.301. The molecular formula is C15H23FN2O. The first kappa shape index (κ1) is 14.3. The minimum Gasteiger partial charge on any atom is -0.494 e. The van der Waals surface area contributed by atoms with Crippen molar-refractivity contribution in [1.29, 1.82) is 0 Å². The molecule has 1 fully saturated rings. The highest BCUT2D eigenvalue weighted by molar-refractivity contribution is 5.29. The van der Waals surface area contributed by atoms with Crippen molar-refractivity contribution in [3.8, 4) is 5.75 Å². The van der Waals surface area contributed by atoms with Crippen LogP contribution in [0.15, 0.2) is 18.2 Å². The number of ether oxygens (including phenoxy) is 1. The monoisotopic (exact) mass is 266 g/mol. The Labute approximate surface area is 114 Å². The number of halogens is 1. The average Bonchev–Trinajstić information content (AvgIpc) is 3.22. The van der Waals surface area contributed by atoms with E-state index in [1.165, 1.54) is 26.0 Å².